The van der Waals surface area contributed by atoms with E-state index in [0.29, 0.717) is 11.3 Å². The maximum Gasteiger partial charge on any atom is 0.309 e. The average molecular weight is 447 g/mol. The van der Waals surface area contributed by atoms with Gasteiger partial charge in [-0.2, -0.15) is 0 Å². The second-order valence-corrected chi connectivity index (χ2v) is 12.6. The minimum atomic E-state index is -0.369. The third kappa shape index (κ3) is 3.58. The van der Waals surface area contributed by atoms with Crippen molar-refractivity contribution in [3.05, 3.63) is 0 Å². The number of fused-ring (bicyclic) bond motifs is 5. The summed E-state index contributed by atoms with van der Waals surface area (Å²) in [7, 11) is 3.63. The Morgan fingerprint density at radius 2 is 1.47 bits per heavy atom. The van der Waals surface area contributed by atoms with E-state index < -0.39 is 0 Å². The highest BCUT2D eigenvalue weighted by Crippen LogP contribution is 2.67. The topological polar surface area (TPSA) is 44.8 Å². The van der Waals surface area contributed by atoms with Gasteiger partial charge in [0.25, 0.3) is 0 Å². The molecule has 32 heavy (non-hydrogen) atoms. The highest BCUT2D eigenvalue weighted by Gasteiger charge is 2.62. The Labute approximate surface area is 195 Å². The zero-order chi connectivity index (χ0) is 22.6. The number of hydrogen-bond donors (Lipinski definition) is 0. The van der Waals surface area contributed by atoms with E-state index in [1.54, 1.807) is 0 Å². The van der Waals surface area contributed by atoms with Crippen LogP contribution in [-0.4, -0.2) is 32.1 Å². The van der Waals surface area contributed by atoms with Crippen LogP contribution in [0.15, 0.2) is 0 Å². The molecule has 0 aliphatic heterocycles. The molecular weight excluding hydrogens is 400 g/mol. The fourth-order valence-corrected chi connectivity index (χ4v) is 9.37. The van der Waals surface area contributed by atoms with Gasteiger partial charge in [-0.15, -0.1) is 0 Å². The Kier molecular flexibility index (Phi) is 6.19. The van der Waals surface area contributed by atoms with Crippen LogP contribution in [0.4, 0.5) is 0 Å². The summed E-state index contributed by atoms with van der Waals surface area (Å²) in [5, 5.41) is 0. The monoisotopic (exact) mass is 446 g/mol. The van der Waals surface area contributed by atoms with Crippen LogP contribution in [-0.2, 0) is 19.0 Å². The highest BCUT2D eigenvalue weighted by molar-refractivity contribution is 5.72. The summed E-state index contributed by atoms with van der Waals surface area (Å²) in [6.07, 6.45) is 16.7. The van der Waals surface area contributed by atoms with E-state index in [1.165, 1.54) is 57.8 Å². The Morgan fingerprint density at radius 1 is 0.750 bits per heavy atom. The molecule has 0 amide bonds. The van der Waals surface area contributed by atoms with E-state index in [9.17, 15) is 4.79 Å². The van der Waals surface area contributed by atoms with Crippen molar-refractivity contribution in [1.29, 1.82) is 0 Å². The molecular formula is C28H46O4. The lowest BCUT2D eigenvalue weighted by Gasteiger charge is -2.62. The van der Waals surface area contributed by atoms with E-state index in [0.717, 1.165) is 49.9 Å². The van der Waals surface area contributed by atoms with Crippen LogP contribution in [0.5, 0.6) is 0 Å². The normalized spacial score (nSPS) is 46.1. The summed E-state index contributed by atoms with van der Waals surface area (Å²) in [5.74, 6) is 2.94. The van der Waals surface area contributed by atoms with Gasteiger partial charge in [0, 0.05) is 32.5 Å². The van der Waals surface area contributed by atoms with Crippen LogP contribution in [0.25, 0.3) is 0 Å². The van der Waals surface area contributed by atoms with Gasteiger partial charge < -0.3 is 14.2 Å². The minimum absolute atomic E-state index is 0.122. The first-order valence-electron chi connectivity index (χ1n) is 13.7. The van der Waals surface area contributed by atoms with Crippen molar-refractivity contribution in [2.75, 3.05) is 14.2 Å². The first-order valence-corrected chi connectivity index (χ1v) is 13.7. The van der Waals surface area contributed by atoms with Crippen LogP contribution in [0.1, 0.15) is 104 Å². The molecule has 0 spiro atoms. The lowest BCUT2D eigenvalue weighted by atomic mass is 9.45. The number of carbonyl (C=O) groups excluding carboxylic acids is 1. The molecule has 0 saturated heterocycles. The van der Waals surface area contributed by atoms with Crippen molar-refractivity contribution in [2.24, 2.45) is 40.4 Å². The van der Waals surface area contributed by atoms with Crippen LogP contribution in [0.3, 0.4) is 0 Å². The first-order chi connectivity index (χ1) is 15.4. The molecule has 4 nitrogen and oxygen atoms in total. The molecule has 5 saturated carbocycles. The number of ether oxygens (including phenoxy) is 3. The zero-order valence-electron chi connectivity index (χ0n) is 21.0. The Bertz CT molecular complexity index is 696. The molecule has 0 aromatic carbocycles. The van der Waals surface area contributed by atoms with Crippen molar-refractivity contribution < 1.29 is 19.0 Å². The van der Waals surface area contributed by atoms with Crippen LogP contribution in [0.2, 0.25) is 0 Å². The molecule has 4 heteroatoms. The minimum Gasteiger partial charge on any atom is -0.462 e. The molecule has 0 heterocycles. The van der Waals surface area contributed by atoms with Crippen LogP contribution < -0.4 is 0 Å². The van der Waals surface area contributed by atoms with Gasteiger partial charge in [-0.1, -0.05) is 33.1 Å². The second kappa shape index (κ2) is 8.56. The predicted octanol–water partition coefficient (Wildman–Crippen LogP) is 6.51. The van der Waals surface area contributed by atoms with E-state index in [4.69, 9.17) is 14.2 Å². The van der Waals surface area contributed by atoms with Crippen molar-refractivity contribution in [1.82, 2.24) is 0 Å². The second-order valence-electron chi connectivity index (χ2n) is 12.6. The molecule has 182 valence electrons. The lowest BCUT2D eigenvalue weighted by molar-refractivity contribution is -0.262. The number of hydrogen-bond acceptors (Lipinski definition) is 4. The summed E-state index contributed by atoms with van der Waals surface area (Å²) >= 11 is 0. The van der Waals surface area contributed by atoms with Gasteiger partial charge in [-0.05, 0) is 86.9 Å². The van der Waals surface area contributed by atoms with Crippen LogP contribution in [0, 0.1) is 40.4 Å². The highest BCUT2D eigenvalue weighted by atomic mass is 16.7. The molecule has 0 aromatic heterocycles. The van der Waals surface area contributed by atoms with Crippen molar-refractivity contribution in [3.63, 3.8) is 0 Å². The molecule has 5 fully saturated rings. The standard InChI is InChI=1S/C28H46O4/c1-26-16-17-28(30-3,31-4)18-20(26)10-11-21-22-12-13-24(27(22,2)15-14-23(21)26)32-25(29)19-8-6-5-7-9-19/h19-24H,5-18H2,1-4H3/t20-,21-,22-,23-,24-,26-,27-/m0/s1. The number of rotatable bonds is 4. The number of methoxy groups -OCH3 is 2. The van der Waals surface area contributed by atoms with Gasteiger partial charge in [0.1, 0.15) is 6.10 Å². The molecule has 7 atom stereocenters. The van der Waals surface area contributed by atoms with Crippen molar-refractivity contribution in [3.8, 4) is 0 Å². The molecule has 5 rings (SSSR count). The Hall–Kier alpha value is -0.610. The lowest BCUT2D eigenvalue weighted by Crippen LogP contribution is -2.57. The number of carbonyl (C=O) groups is 1. The smallest absolute Gasteiger partial charge is 0.309 e. The van der Waals surface area contributed by atoms with E-state index in [1.807, 2.05) is 14.2 Å². The quantitative estimate of drug-likeness (QED) is 0.365. The van der Waals surface area contributed by atoms with Gasteiger partial charge in [0.05, 0.1) is 5.92 Å². The fourth-order valence-electron chi connectivity index (χ4n) is 9.37. The Morgan fingerprint density at radius 3 is 2.19 bits per heavy atom. The molecule has 0 radical (unpaired) electrons. The summed E-state index contributed by atoms with van der Waals surface area (Å²) in [6.45, 7) is 5.05. The first kappa shape index (κ1) is 23.1. The third-order valence-corrected chi connectivity index (χ3v) is 11.5. The molecule has 5 aliphatic rings. The van der Waals surface area contributed by atoms with Crippen molar-refractivity contribution in [2.45, 2.75) is 116 Å². The molecule has 0 N–H and O–H groups in total. The molecule has 0 aromatic rings. The summed E-state index contributed by atoms with van der Waals surface area (Å²) in [4.78, 5) is 13.0. The van der Waals surface area contributed by atoms with Gasteiger partial charge in [0.2, 0.25) is 0 Å². The molecule has 0 bridgehead atoms. The van der Waals surface area contributed by atoms with E-state index in [2.05, 4.69) is 13.8 Å². The van der Waals surface area contributed by atoms with Crippen molar-refractivity contribution >= 4 is 5.97 Å². The number of esters is 1. The van der Waals surface area contributed by atoms with Crippen LogP contribution >= 0.6 is 0 Å². The summed E-state index contributed by atoms with van der Waals surface area (Å²) in [5.41, 5.74) is 0.591. The maximum absolute atomic E-state index is 13.0. The molecule has 0 unspecified atom stereocenters. The van der Waals surface area contributed by atoms with Gasteiger partial charge in [0.15, 0.2) is 5.79 Å². The Balaban J connectivity index is 1.29. The van der Waals surface area contributed by atoms with Gasteiger partial charge in [-0.3, -0.25) is 4.79 Å². The molecule has 5 aliphatic carbocycles. The average Bonchev–Trinajstić information content (AvgIpc) is 3.15. The largest absolute Gasteiger partial charge is 0.462 e. The van der Waals surface area contributed by atoms with E-state index in [-0.39, 0.29) is 29.2 Å². The van der Waals surface area contributed by atoms with E-state index >= 15 is 0 Å². The predicted molar refractivity (Wildman–Crippen MR) is 125 cm³/mol. The summed E-state index contributed by atoms with van der Waals surface area (Å²) < 4.78 is 18.1. The SMILES string of the molecule is COC1(OC)CC[C@@]2(C)[C@@H](CC[C@@H]3[C@@H]2CC[C@]2(C)[C@@H](OC(=O)C4CCCCC4)CC[C@@H]32)C1. The van der Waals surface area contributed by atoms with Gasteiger partial charge >= 0.3 is 5.97 Å². The summed E-state index contributed by atoms with van der Waals surface area (Å²) in [6, 6.07) is 0. The van der Waals surface area contributed by atoms with Gasteiger partial charge in [-0.25, -0.2) is 0 Å². The fraction of sp³-hybridized carbons (Fsp3) is 0.964. The maximum atomic E-state index is 13.0. The third-order valence-electron chi connectivity index (χ3n) is 11.5. The zero-order valence-corrected chi connectivity index (χ0v) is 21.0.